The molecule has 0 atom stereocenters. The third-order valence-corrected chi connectivity index (χ3v) is 1.97. The molecule has 0 bridgehead atoms. The van der Waals surface area contributed by atoms with Crippen LogP contribution in [-0.2, 0) is 0 Å². The topological polar surface area (TPSA) is 119 Å². The van der Waals surface area contributed by atoms with Crippen molar-refractivity contribution in [2.45, 2.75) is 0 Å². The Hall–Kier alpha value is -2.77. The molecule has 86 valence electrons. The maximum atomic E-state index is 10.9. The van der Waals surface area contributed by atoms with Crippen LogP contribution in [0.25, 0.3) is 0 Å². The van der Waals surface area contributed by atoms with E-state index in [4.69, 9.17) is 10.8 Å². The van der Waals surface area contributed by atoms with E-state index in [0.29, 0.717) is 5.56 Å². The Kier molecular flexibility index (Phi) is 2.77. The van der Waals surface area contributed by atoms with Gasteiger partial charge in [0.2, 0.25) is 0 Å². The summed E-state index contributed by atoms with van der Waals surface area (Å²) in [7, 11) is 0. The molecule has 0 aliphatic rings. The molecule has 8 heteroatoms. The molecular formula is C9H8N6O2. The summed E-state index contributed by atoms with van der Waals surface area (Å²) in [5, 5.41) is 23.0. The third kappa shape index (κ3) is 2.25. The number of aromatic nitrogens is 4. The standard InChI is InChI=1S/C9H8N6O2/c10-9-12-13-14-15(9)11-5-6-3-1-2-4-7(6)8(16)17/h1-5H,(H,16,17)(H2,10,12,14)/b11-5+. The summed E-state index contributed by atoms with van der Waals surface area (Å²) in [4.78, 5) is 11.9. The van der Waals surface area contributed by atoms with Crippen LogP contribution in [0.2, 0.25) is 0 Å². The molecule has 0 saturated carbocycles. The molecule has 0 aliphatic carbocycles. The predicted molar refractivity (Wildman–Crippen MR) is 58.6 cm³/mol. The average molecular weight is 232 g/mol. The Morgan fingerprint density at radius 2 is 2.24 bits per heavy atom. The van der Waals surface area contributed by atoms with E-state index in [2.05, 4.69) is 20.6 Å². The van der Waals surface area contributed by atoms with Gasteiger partial charge >= 0.3 is 5.97 Å². The van der Waals surface area contributed by atoms with Gasteiger partial charge in [-0.25, -0.2) is 4.79 Å². The van der Waals surface area contributed by atoms with Crippen LogP contribution in [0, 0.1) is 0 Å². The molecule has 2 aromatic rings. The fourth-order valence-electron chi connectivity index (χ4n) is 1.19. The highest BCUT2D eigenvalue weighted by molar-refractivity contribution is 5.98. The lowest BCUT2D eigenvalue weighted by Crippen LogP contribution is -2.03. The number of nitrogens with two attached hydrogens (primary N) is 1. The smallest absolute Gasteiger partial charge is 0.336 e. The molecule has 0 amide bonds. The summed E-state index contributed by atoms with van der Waals surface area (Å²) in [6, 6.07) is 6.43. The van der Waals surface area contributed by atoms with E-state index in [0.717, 1.165) is 4.79 Å². The van der Waals surface area contributed by atoms with E-state index >= 15 is 0 Å². The van der Waals surface area contributed by atoms with E-state index in [9.17, 15) is 4.79 Å². The molecule has 17 heavy (non-hydrogen) atoms. The number of carbonyl (C=O) groups is 1. The molecule has 0 radical (unpaired) electrons. The SMILES string of the molecule is Nc1nnnn1/N=C/c1ccccc1C(=O)O. The highest BCUT2D eigenvalue weighted by Gasteiger charge is 2.07. The van der Waals surface area contributed by atoms with Crippen molar-refractivity contribution in [1.82, 2.24) is 20.3 Å². The minimum atomic E-state index is -1.03. The molecule has 1 aromatic heterocycles. The van der Waals surface area contributed by atoms with Gasteiger partial charge in [0, 0.05) is 5.56 Å². The molecule has 1 heterocycles. The van der Waals surface area contributed by atoms with Crippen LogP contribution in [0.1, 0.15) is 15.9 Å². The van der Waals surface area contributed by atoms with Gasteiger partial charge in [-0.15, -0.1) is 0 Å². The lowest BCUT2D eigenvalue weighted by Gasteiger charge is -1.98. The Morgan fingerprint density at radius 3 is 2.88 bits per heavy atom. The molecule has 0 aliphatic heterocycles. The second-order valence-corrected chi connectivity index (χ2v) is 3.06. The lowest BCUT2D eigenvalue weighted by molar-refractivity contribution is 0.0697. The van der Waals surface area contributed by atoms with E-state index in [1.165, 1.54) is 12.3 Å². The molecule has 2 rings (SSSR count). The van der Waals surface area contributed by atoms with E-state index in [1.807, 2.05) is 0 Å². The Morgan fingerprint density at radius 1 is 1.47 bits per heavy atom. The summed E-state index contributed by atoms with van der Waals surface area (Å²) < 4.78 is 0. The van der Waals surface area contributed by atoms with E-state index in [1.54, 1.807) is 18.2 Å². The van der Waals surface area contributed by atoms with Gasteiger partial charge in [0.25, 0.3) is 5.95 Å². The molecule has 0 fully saturated rings. The van der Waals surface area contributed by atoms with Gasteiger partial charge in [-0.2, -0.15) is 5.10 Å². The quantitative estimate of drug-likeness (QED) is 0.709. The second-order valence-electron chi connectivity index (χ2n) is 3.06. The van der Waals surface area contributed by atoms with Gasteiger partial charge in [0.15, 0.2) is 0 Å². The highest BCUT2D eigenvalue weighted by Crippen LogP contribution is 2.06. The van der Waals surface area contributed by atoms with Crippen molar-refractivity contribution in [1.29, 1.82) is 0 Å². The minimum Gasteiger partial charge on any atom is -0.478 e. The van der Waals surface area contributed by atoms with Crippen LogP contribution in [0.5, 0.6) is 0 Å². The van der Waals surface area contributed by atoms with Crippen LogP contribution in [0.4, 0.5) is 5.95 Å². The largest absolute Gasteiger partial charge is 0.478 e. The van der Waals surface area contributed by atoms with Gasteiger partial charge in [-0.3, -0.25) is 0 Å². The number of rotatable bonds is 3. The van der Waals surface area contributed by atoms with Crippen LogP contribution in [-0.4, -0.2) is 37.6 Å². The monoisotopic (exact) mass is 232 g/mol. The number of nitrogen functional groups attached to an aromatic ring is 1. The van der Waals surface area contributed by atoms with Crippen molar-refractivity contribution in [3.05, 3.63) is 35.4 Å². The van der Waals surface area contributed by atoms with Crippen molar-refractivity contribution in [3.8, 4) is 0 Å². The van der Waals surface area contributed by atoms with E-state index in [-0.39, 0.29) is 11.5 Å². The number of carboxylic acids is 1. The number of nitrogens with zero attached hydrogens (tertiary/aromatic N) is 5. The number of hydrogen-bond acceptors (Lipinski definition) is 6. The van der Waals surface area contributed by atoms with Crippen LogP contribution in [0.3, 0.4) is 0 Å². The Labute approximate surface area is 95.4 Å². The van der Waals surface area contributed by atoms with Crippen LogP contribution in [0.15, 0.2) is 29.4 Å². The minimum absolute atomic E-state index is 0.0223. The summed E-state index contributed by atoms with van der Waals surface area (Å²) in [5.41, 5.74) is 5.98. The second kappa shape index (κ2) is 4.39. The van der Waals surface area contributed by atoms with Crippen molar-refractivity contribution in [2.24, 2.45) is 5.10 Å². The number of anilines is 1. The fraction of sp³-hybridized carbons (Fsp3) is 0. The van der Waals surface area contributed by atoms with Gasteiger partial charge < -0.3 is 10.8 Å². The number of hydrogen-bond donors (Lipinski definition) is 2. The lowest BCUT2D eigenvalue weighted by atomic mass is 10.1. The summed E-state index contributed by atoms with van der Waals surface area (Å²) in [6.45, 7) is 0. The number of tetrazole rings is 1. The Bertz CT molecular complexity index is 576. The van der Waals surface area contributed by atoms with Crippen molar-refractivity contribution in [3.63, 3.8) is 0 Å². The first-order chi connectivity index (χ1) is 8.18. The summed E-state index contributed by atoms with van der Waals surface area (Å²) in [5.74, 6) is -1.01. The molecule has 0 spiro atoms. The normalized spacial score (nSPS) is 10.8. The number of benzene rings is 1. The van der Waals surface area contributed by atoms with Crippen molar-refractivity contribution in [2.75, 3.05) is 5.73 Å². The average Bonchev–Trinajstić information content (AvgIpc) is 2.72. The number of aromatic carboxylic acids is 1. The van der Waals surface area contributed by atoms with Gasteiger partial charge in [-0.1, -0.05) is 28.1 Å². The van der Waals surface area contributed by atoms with Crippen molar-refractivity contribution >= 4 is 18.1 Å². The van der Waals surface area contributed by atoms with E-state index < -0.39 is 5.97 Å². The maximum Gasteiger partial charge on any atom is 0.336 e. The van der Waals surface area contributed by atoms with Gasteiger partial charge in [0.1, 0.15) is 0 Å². The Balaban J connectivity index is 2.33. The first-order valence-electron chi connectivity index (χ1n) is 4.59. The van der Waals surface area contributed by atoms with Gasteiger partial charge in [-0.05, 0) is 16.5 Å². The molecule has 0 unspecified atom stereocenters. The van der Waals surface area contributed by atoms with Crippen LogP contribution < -0.4 is 5.73 Å². The third-order valence-electron chi connectivity index (χ3n) is 1.97. The van der Waals surface area contributed by atoms with Crippen molar-refractivity contribution < 1.29 is 9.90 Å². The number of carboxylic acid groups (broad SMARTS) is 1. The summed E-state index contributed by atoms with van der Waals surface area (Å²) in [6.07, 6.45) is 1.33. The first-order valence-corrected chi connectivity index (χ1v) is 4.59. The molecule has 3 N–H and O–H groups in total. The molecule has 0 saturated heterocycles. The molecule has 8 nitrogen and oxygen atoms in total. The zero-order valence-corrected chi connectivity index (χ0v) is 8.56. The zero-order chi connectivity index (χ0) is 12.3. The van der Waals surface area contributed by atoms with Crippen LogP contribution >= 0.6 is 0 Å². The van der Waals surface area contributed by atoms with Gasteiger partial charge in [0.05, 0.1) is 11.8 Å². The zero-order valence-electron chi connectivity index (χ0n) is 8.56. The molecular weight excluding hydrogens is 224 g/mol. The predicted octanol–water partition coefficient (Wildman–Crippen LogP) is -0.164. The summed E-state index contributed by atoms with van der Waals surface area (Å²) >= 11 is 0. The maximum absolute atomic E-state index is 10.9. The highest BCUT2D eigenvalue weighted by atomic mass is 16.4. The fourth-order valence-corrected chi connectivity index (χ4v) is 1.19. The molecule has 1 aromatic carbocycles. The first kappa shape index (κ1) is 10.7.